The Balaban J connectivity index is 2.05. The number of nitrogen functional groups attached to an aromatic ring is 1. The van der Waals surface area contributed by atoms with Gasteiger partial charge in [0.1, 0.15) is 5.52 Å². The van der Waals surface area contributed by atoms with Crippen molar-refractivity contribution in [1.29, 1.82) is 0 Å². The zero-order chi connectivity index (χ0) is 13.9. The summed E-state index contributed by atoms with van der Waals surface area (Å²) in [5, 5.41) is 1.10. The number of hydrogen-bond acceptors (Lipinski definition) is 4. The third kappa shape index (κ3) is 2.20. The van der Waals surface area contributed by atoms with Crippen molar-refractivity contribution in [1.82, 2.24) is 14.5 Å². The molecule has 5 nitrogen and oxygen atoms in total. The van der Waals surface area contributed by atoms with Crippen LogP contribution in [0.5, 0.6) is 0 Å². The van der Waals surface area contributed by atoms with Crippen LogP contribution >= 0.6 is 0 Å². The Morgan fingerprint density at radius 1 is 1.20 bits per heavy atom. The average molecular weight is 270 g/mol. The Hall–Kier alpha value is -2.14. The summed E-state index contributed by atoms with van der Waals surface area (Å²) in [7, 11) is 1.72. The highest BCUT2D eigenvalue weighted by atomic mass is 16.5. The quantitative estimate of drug-likeness (QED) is 0.724. The van der Waals surface area contributed by atoms with Gasteiger partial charge in [0.25, 0.3) is 0 Å². The standard InChI is InChI=1S/C15H18N4O/c1-20-9-5-4-8-19-14-11-6-2-3-7-12(11)17-10-13(14)18-15(19)16/h2-3,6-7,10H,4-5,8-9H2,1H3,(H2,16,18). The molecule has 2 N–H and O–H groups in total. The lowest BCUT2D eigenvalue weighted by Gasteiger charge is -2.08. The molecule has 0 spiro atoms. The number of nitrogens with zero attached hydrogens (tertiary/aromatic N) is 3. The molecule has 0 radical (unpaired) electrons. The van der Waals surface area contributed by atoms with Crippen LogP contribution in [0.2, 0.25) is 0 Å². The Labute approximate surface area is 117 Å². The zero-order valence-corrected chi connectivity index (χ0v) is 11.5. The van der Waals surface area contributed by atoms with Crippen LogP contribution in [0, 0.1) is 0 Å². The Bertz CT molecular complexity index is 735. The van der Waals surface area contributed by atoms with Crippen LogP contribution in [0.1, 0.15) is 12.8 Å². The van der Waals surface area contributed by atoms with E-state index in [0.29, 0.717) is 5.95 Å². The molecule has 3 aromatic rings. The summed E-state index contributed by atoms with van der Waals surface area (Å²) in [6, 6.07) is 8.08. The summed E-state index contributed by atoms with van der Waals surface area (Å²) in [5.74, 6) is 0.551. The molecule has 0 saturated carbocycles. The van der Waals surface area contributed by atoms with Gasteiger partial charge in [-0.3, -0.25) is 4.98 Å². The summed E-state index contributed by atoms with van der Waals surface area (Å²) in [6.45, 7) is 1.62. The van der Waals surface area contributed by atoms with Gasteiger partial charge in [-0.05, 0) is 18.9 Å². The number of hydrogen-bond donors (Lipinski definition) is 1. The highest BCUT2D eigenvalue weighted by Crippen LogP contribution is 2.25. The maximum absolute atomic E-state index is 6.05. The number of pyridine rings is 1. The van der Waals surface area contributed by atoms with Gasteiger partial charge in [0.15, 0.2) is 0 Å². The van der Waals surface area contributed by atoms with E-state index < -0.39 is 0 Å². The normalized spacial score (nSPS) is 11.4. The fourth-order valence-corrected chi connectivity index (χ4v) is 2.52. The molecule has 0 unspecified atom stereocenters. The molecular formula is C15H18N4O. The SMILES string of the molecule is COCCCCn1c(N)nc2cnc3ccccc3c21. The van der Waals surface area contributed by atoms with Gasteiger partial charge >= 0.3 is 0 Å². The number of para-hydroxylation sites is 1. The van der Waals surface area contributed by atoms with Crippen molar-refractivity contribution in [2.24, 2.45) is 0 Å². The molecule has 0 atom stereocenters. The molecule has 5 heteroatoms. The van der Waals surface area contributed by atoms with Gasteiger partial charge in [0.2, 0.25) is 5.95 Å². The summed E-state index contributed by atoms with van der Waals surface area (Å²) in [6.07, 6.45) is 3.82. The first kappa shape index (κ1) is 12.9. The van der Waals surface area contributed by atoms with Crippen molar-refractivity contribution in [3.05, 3.63) is 30.5 Å². The van der Waals surface area contributed by atoms with Gasteiger partial charge in [-0.15, -0.1) is 0 Å². The fourth-order valence-electron chi connectivity index (χ4n) is 2.52. The smallest absolute Gasteiger partial charge is 0.201 e. The Morgan fingerprint density at radius 3 is 2.90 bits per heavy atom. The molecule has 0 aliphatic carbocycles. The predicted molar refractivity (Wildman–Crippen MR) is 80.6 cm³/mol. The van der Waals surface area contributed by atoms with E-state index in [4.69, 9.17) is 10.5 Å². The first-order chi connectivity index (χ1) is 9.81. The zero-order valence-electron chi connectivity index (χ0n) is 11.5. The van der Waals surface area contributed by atoms with Crippen LogP contribution in [-0.4, -0.2) is 28.3 Å². The second-order valence-corrected chi connectivity index (χ2v) is 4.83. The number of rotatable bonds is 5. The van der Waals surface area contributed by atoms with E-state index in [-0.39, 0.29) is 0 Å². The van der Waals surface area contributed by atoms with E-state index in [1.807, 2.05) is 18.2 Å². The van der Waals surface area contributed by atoms with Crippen molar-refractivity contribution in [2.75, 3.05) is 19.5 Å². The first-order valence-electron chi connectivity index (χ1n) is 6.79. The van der Waals surface area contributed by atoms with Crippen LogP contribution in [-0.2, 0) is 11.3 Å². The molecule has 1 aromatic carbocycles. The highest BCUT2D eigenvalue weighted by molar-refractivity contribution is 6.02. The van der Waals surface area contributed by atoms with Crippen LogP contribution in [0.4, 0.5) is 5.95 Å². The third-order valence-corrected chi connectivity index (χ3v) is 3.49. The van der Waals surface area contributed by atoms with E-state index in [0.717, 1.165) is 47.9 Å². The van der Waals surface area contributed by atoms with Gasteiger partial charge in [-0.25, -0.2) is 4.98 Å². The van der Waals surface area contributed by atoms with Gasteiger partial charge < -0.3 is 15.0 Å². The lowest BCUT2D eigenvalue weighted by molar-refractivity contribution is 0.191. The number of anilines is 1. The predicted octanol–water partition coefficient (Wildman–Crippen LogP) is 2.59. The highest BCUT2D eigenvalue weighted by Gasteiger charge is 2.11. The van der Waals surface area contributed by atoms with E-state index in [2.05, 4.69) is 20.6 Å². The van der Waals surface area contributed by atoms with E-state index in [1.54, 1.807) is 13.3 Å². The monoisotopic (exact) mass is 270 g/mol. The third-order valence-electron chi connectivity index (χ3n) is 3.49. The number of nitrogens with two attached hydrogens (primary N) is 1. The summed E-state index contributed by atoms with van der Waals surface area (Å²) in [4.78, 5) is 8.83. The molecule has 0 amide bonds. The summed E-state index contributed by atoms with van der Waals surface area (Å²) < 4.78 is 7.16. The second kappa shape index (κ2) is 5.46. The average Bonchev–Trinajstić information content (AvgIpc) is 2.80. The molecule has 104 valence electrons. The molecule has 0 aliphatic rings. The lowest BCUT2D eigenvalue weighted by atomic mass is 10.2. The van der Waals surface area contributed by atoms with Gasteiger partial charge in [0, 0.05) is 25.6 Å². The van der Waals surface area contributed by atoms with Crippen LogP contribution in [0.15, 0.2) is 30.5 Å². The van der Waals surface area contributed by atoms with Gasteiger partial charge in [-0.2, -0.15) is 0 Å². The summed E-state index contributed by atoms with van der Waals surface area (Å²) >= 11 is 0. The number of methoxy groups -OCH3 is 1. The number of fused-ring (bicyclic) bond motifs is 3. The molecule has 0 fully saturated rings. The fraction of sp³-hybridized carbons (Fsp3) is 0.333. The summed E-state index contributed by atoms with van der Waals surface area (Å²) in [5.41, 5.74) is 8.95. The Kier molecular flexibility index (Phi) is 3.52. The molecular weight excluding hydrogens is 252 g/mol. The topological polar surface area (TPSA) is 66.0 Å². The number of aromatic nitrogens is 3. The maximum atomic E-state index is 6.05. The Morgan fingerprint density at radius 2 is 2.05 bits per heavy atom. The molecule has 20 heavy (non-hydrogen) atoms. The lowest BCUT2D eigenvalue weighted by Crippen LogP contribution is -2.04. The minimum Gasteiger partial charge on any atom is -0.385 e. The molecule has 0 bridgehead atoms. The molecule has 2 aromatic heterocycles. The largest absolute Gasteiger partial charge is 0.385 e. The van der Waals surface area contributed by atoms with Crippen molar-refractivity contribution < 1.29 is 4.74 Å². The minimum absolute atomic E-state index is 0.551. The first-order valence-corrected chi connectivity index (χ1v) is 6.79. The minimum atomic E-state index is 0.551. The second-order valence-electron chi connectivity index (χ2n) is 4.83. The molecule has 3 rings (SSSR count). The van der Waals surface area contributed by atoms with Crippen molar-refractivity contribution in [3.8, 4) is 0 Å². The maximum Gasteiger partial charge on any atom is 0.201 e. The van der Waals surface area contributed by atoms with Gasteiger partial charge in [0.05, 0.1) is 17.2 Å². The number of benzene rings is 1. The number of imidazole rings is 1. The van der Waals surface area contributed by atoms with Crippen molar-refractivity contribution >= 4 is 27.9 Å². The van der Waals surface area contributed by atoms with E-state index in [1.165, 1.54) is 0 Å². The molecule has 0 saturated heterocycles. The molecule has 2 heterocycles. The van der Waals surface area contributed by atoms with E-state index >= 15 is 0 Å². The number of unbranched alkanes of at least 4 members (excludes halogenated alkanes) is 1. The molecule has 0 aliphatic heterocycles. The van der Waals surface area contributed by atoms with Crippen LogP contribution in [0.3, 0.4) is 0 Å². The van der Waals surface area contributed by atoms with E-state index in [9.17, 15) is 0 Å². The van der Waals surface area contributed by atoms with Crippen molar-refractivity contribution in [2.45, 2.75) is 19.4 Å². The van der Waals surface area contributed by atoms with Gasteiger partial charge in [-0.1, -0.05) is 18.2 Å². The van der Waals surface area contributed by atoms with Crippen LogP contribution < -0.4 is 5.73 Å². The van der Waals surface area contributed by atoms with Crippen LogP contribution in [0.25, 0.3) is 21.9 Å². The number of aryl methyl sites for hydroxylation is 1. The number of ether oxygens (including phenoxy) is 1. The van der Waals surface area contributed by atoms with Crippen molar-refractivity contribution in [3.63, 3.8) is 0 Å².